The van der Waals surface area contributed by atoms with Gasteiger partial charge in [-0.2, -0.15) is 5.26 Å². The normalized spacial score (nSPS) is 10.6. The van der Waals surface area contributed by atoms with Crippen molar-refractivity contribution in [2.45, 2.75) is 35.7 Å². The van der Waals surface area contributed by atoms with E-state index >= 15 is 0 Å². The molecule has 2 rings (SSSR count). The SMILES string of the molecule is CC(C)NCc1ccc(Sc2nccs2)c(C#N)c1. The van der Waals surface area contributed by atoms with E-state index in [1.54, 1.807) is 29.3 Å². The van der Waals surface area contributed by atoms with E-state index in [1.165, 1.54) is 0 Å². The van der Waals surface area contributed by atoms with Crippen molar-refractivity contribution in [3.8, 4) is 6.07 Å². The Kier molecular flexibility index (Phi) is 4.97. The van der Waals surface area contributed by atoms with E-state index in [-0.39, 0.29) is 0 Å². The summed E-state index contributed by atoms with van der Waals surface area (Å²) in [5.41, 5.74) is 1.84. The van der Waals surface area contributed by atoms with Crippen LogP contribution < -0.4 is 5.32 Å². The van der Waals surface area contributed by atoms with Crippen LogP contribution in [0.15, 0.2) is 39.0 Å². The standard InChI is InChI=1S/C14H15N3S2/c1-10(2)17-9-11-3-4-13(12(7-11)8-15)19-14-16-5-6-18-14/h3-7,10,17H,9H2,1-2H3. The van der Waals surface area contributed by atoms with Crippen LogP contribution in [0.25, 0.3) is 0 Å². The van der Waals surface area contributed by atoms with Crippen LogP contribution in [0.5, 0.6) is 0 Å². The Hall–Kier alpha value is -1.35. The van der Waals surface area contributed by atoms with Gasteiger partial charge in [-0.3, -0.25) is 0 Å². The minimum absolute atomic E-state index is 0.440. The van der Waals surface area contributed by atoms with Crippen LogP contribution in [0.2, 0.25) is 0 Å². The Bertz CT molecular complexity index is 571. The summed E-state index contributed by atoms with van der Waals surface area (Å²) in [6, 6.07) is 8.72. The lowest BCUT2D eigenvalue weighted by atomic mass is 10.1. The number of nitriles is 1. The highest BCUT2D eigenvalue weighted by Crippen LogP contribution is 2.31. The first-order valence-corrected chi connectivity index (χ1v) is 7.72. The van der Waals surface area contributed by atoms with Crippen molar-refractivity contribution in [1.82, 2.24) is 10.3 Å². The number of nitrogens with one attached hydrogen (secondary N) is 1. The van der Waals surface area contributed by atoms with Crippen molar-refractivity contribution in [1.29, 1.82) is 5.26 Å². The second-order valence-corrected chi connectivity index (χ2v) is 6.56. The number of thiazole rings is 1. The van der Waals surface area contributed by atoms with Gasteiger partial charge in [0, 0.05) is 29.1 Å². The lowest BCUT2D eigenvalue weighted by Crippen LogP contribution is -2.21. The third-order valence-electron chi connectivity index (χ3n) is 2.49. The molecule has 5 heteroatoms. The third-order valence-corrected chi connectivity index (χ3v) is 4.45. The lowest BCUT2D eigenvalue weighted by Gasteiger charge is -2.09. The van der Waals surface area contributed by atoms with Crippen molar-refractivity contribution < 1.29 is 0 Å². The summed E-state index contributed by atoms with van der Waals surface area (Å²) in [6.45, 7) is 5.00. The van der Waals surface area contributed by atoms with Gasteiger partial charge < -0.3 is 5.32 Å². The van der Waals surface area contributed by atoms with E-state index in [0.29, 0.717) is 11.6 Å². The van der Waals surface area contributed by atoms with Crippen LogP contribution in [-0.4, -0.2) is 11.0 Å². The topological polar surface area (TPSA) is 48.7 Å². The number of aromatic nitrogens is 1. The lowest BCUT2D eigenvalue weighted by molar-refractivity contribution is 0.588. The summed E-state index contributed by atoms with van der Waals surface area (Å²) in [6.07, 6.45) is 1.78. The Labute approximate surface area is 121 Å². The molecule has 1 aromatic carbocycles. The summed E-state index contributed by atoms with van der Waals surface area (Å²) in [5, 5.41) is 14.5. The minimum atomic E-state index is 0.440. The van der Waals surface area contributed by atoms with Crippen LogP contribution in [0.1, 0.15) is 25.0 Å². The molecule has 0 radical (unpaired) electrons. The summed E-state index contributed by atoms with van der Waals surface area (Å²) < 4.78 is 0.963. The van der Waals surface area contributed by atoms with E-state index < -0.39 is 0 Å². The first kappa shape index (κ1) is 14.1. The van der Waals surface area contributed by atoms with Gasteiger partial charge in [0.1, 0.15) is 6.07 Å². The zero-order valence-corrected chi connectivity index (χ0v) is 12.5. The molecule has 2 aromatic rings. The summed E-state index contributed by atoms with van der Waals surface area (Å²) in [7, 11) is 0. The molecule has 0 unspecified atom stereocenters. The Morgan fingerprint density at radius 1 is 1.47 bits per heavy atom. The number of rotatable bonds is 5. The highest BCUT2D eigenvalue weighted by molar-refractivity contribution is 8.01. The minimum Gasteiger partial charge on any atom is -0.310 e. The van der Waals surface area contributed by atoms with Gasteiger partial charge in [0.15, 0.2) is 4.34 Å². The van der Waals surface area contributed by atoms with E-state index in [9.17, 15) is 5.26 Å². The second-order valence-electron chi connectivity index (χ2n) is 4.38. The molecule has 0 amide bonds. The highest BCUT2D eigenvalue weighted by atomic mass is 32.2. The monoisotopic (exact) mass is 289 g/mol. The maximum absolute atomic E-state index is 9.25. The maximum Gasteiger partial charge on any atom is 0.154 e. The number of nitrogens with zero attached hydrogens (tertiary/aromatic N) is 2. The van der Waals surface area contributed by atoms with Crippen molar-refractivity contribution >= 4 is 23.1 Å². The summed E-state index contributed by atoms with van der Waals surface area (Å²) >= 11 is 3.13. The molecule has 0 spiro atoms. The van der Waals surface area contributed by atoms with Gasteiger partial charge in [-0.25, -0.2) is 4.98 Å². The summed E-state index contributed by atoms with van der Waals surface area (Å²) in [4.78, 5) is 5.19. The zero-order valence-electron chi connectivity index (χ0n) is 10.9. The molecule has 98 valence electrons. The third kappa shape index (κ3) is 4.06. The highest BCUT2D eigenvalue weighted by Gasteiger charge is 2.07. The average molecular weight is 289 g/mol. The van der Waals surface area contributed by atoms with Gasteiger partial charge in [-0.05, 0) is 17.7 Å². The number of hydrogen-bond acceptors (Lipinski definition) is 5. The molecule has 1 heterocycles. The smallest absolute Gasteiger partial charge is 0.154 e. The second kappa shape index (κ2) is 6.71. The van der Waals surface area contributed by atoms with Crippen LogP contribution in [0.3, 0.4) is 0 Å². The van der Waals surface area contributed by atoms with Crippen molar-refractivity contribution in [3.63, 3.8) is 0 Å². The molecule has 0 atom stereocenters. The fourth-order valence-corrected chi connectivity index (χ4v) is 3.18. The van der Waals surface area contributed by atoms with Crippen molar-refractivity contribution in [2.75, 3.05) is 0 Å². The maximum atomic E-state index is 9.25. The van der Waals surface area contributed by atoms with Gasteiger partial charge in [0.05, 0.1) is 5.56 Å². The van der Waals surface area contributed by atoms with Crippen LogP contribution in [0, 0.1) is 11.3 Å². The molecular formula is C14H15N3S2. The van der Waals surface area contributed by atoms with Gasteiger partial charge in [-0.1, -0.05) is 31.7 Å². The van der Waals surface area contributed by atoms with Crippen LogP contribution >= 0.6 is 23.1 Å². The Morgan fingerprint density at radius 3 is 2.95 bits per heavy atom. The average Bonchev–Trinajstić information content (AvgIpc) is 2.90. The van der Waals surface area contributed by atoms with E-state index in [1.807, 2.05) is 17.5 Å². The molecule has 1 N–H and O–H groups in total. The van der Waals surface area contributed by atoms with Gasteiger partial charge in [-0.15, -0.1) is 11.3 Å². The van der Waals surface area contributed by atoms with E-state index in [4.69, 9.17) is 0 Å². The quantitative estimate of drug-likeness (QED) is 0.912. The molecule has 0 bridgehead atoms. The number of hydrogen-bond donors (Lipinski definition) is 1. The first-order valence-electron chi connectivity index (χ1n) is 6.03. The molecule has 0 aliphatic heterocycles. The predicted molar refractivity (Wildman–Crippen MR) is 79.4 cm³/mol. The molecule has 0 saturated heterocycles. The fourth-order valence-electron chi connectivity index (χ4n) is 1.54. The largest absolute Gasteiger partial charge is 0.310 e. The van der Waals surface area contributed by atoms with Gasteiger partial charge in [0.25, 0.3) is 0 Å². The van der Waals surface area contributed by atoms with Crippen LogP contribution in [0.4, 0.5) is 0 Å². The van der Waals surface area contributed by atoms with Crippen LogP contribution in [-0.2, 0) is 6.54 Å². The molecule has 0 fully saturated rings. The van der Waals surface area contributed by atoms with E-state index in [0.717, 1.165) is 21.3 Å². The molecule has 3 nitrogen and oxygen atoms in total. The first-order chi connectivity index (χ1) is 9.19. The predicted octanol–water partition coefficient (Wildman–Crippen LogP) is 3.66. The Morgan fingerprint density at radius 2 is 2.32 bits per heavy atom. The van der Waals surface area contributed by atoms with Crippen molar-refractivity contribution in [3.05, 3.63) is 40.9 Å². The molecular weight excluding hydrogens is 274 g/mol. The summed E-state index contributed by atoms with van der Waals surface area (Å²) in [5.74, 6) is 0. The Balaban J connectivity index is 2.15. The zero-order chi connectivity index (χ0) is 13.7. The molecule has 19 heavy (non-hydrogen) atoms. The molecule has 0 aliphatic rings. The molecule has 0 saturated carbocycles. The molecule has 1 aromatic heterocycles. The van der Waals surface area contributed by atoms with E-state index in [2.05, 4.69) is 36.3 Å². The van der Waals surface area contributed by atoms with Gasteiger partial charge >= 0.3 is 0 Å². The fraction of sp³-hybridized carbons (Fsp3) is 0.286. The van der Waals surface area contributed by atoms with Crippen molar-refractivity contribution in [2.24, 2.45) is 0 Å². The van der Waals surface area contributed by atoms with Gasteiger partial charge in [0.2, 0.25) is 0 Å². The number of benzene rings is 1. The molecule has 0 aliphatic carbocycles.